The van der Waals surface area contributed by atoms with Gasteiger partial charge in [0, 0.05) is 29.8 Å². The Morgan fingerprint density at radius 1 is 0.941 bits per heavy atom. The molecule has 1 spiro atoms. The van der Waals surface area contributed by atoms with Gasteiger partial charge in [0.2, 0.25) is 0 Å². The van der Waals surface area contributed by atoms with Crippen LogP contribution in [0.5, 0.6) is 0 Å². The van der Waals surface area contributed by atoms with Crippen molar-refractivity contribution in [1.82, 2.24) is 4.90 Å². The Bertz CT molecular complexity index is 1170. The first-order valence-electron chi connectivity index (χ1n) is 12.2. The van der Waals surface area contributed by atoms with E-state index in [1.54, 1.807) is 12.1 Å². The Labute approximate surface area is 202 Å². The van der Waals surface area contributed by atoms with Crippen LogP contribution in [0.3, 0.4) is 0 Å². The number of carbonyl (C=O) groups excluding carboxylic acids is 1. The number of likely N-dealkylation sites (tertiary alicyclic amines) is 1. The predicted octanol–water partition coefficient (Wildman–Crippen LogP) is 6.32. The Hall–Kier alpha value is -2.98. The van der Waals surface area contributed by atoms with Gasteiger partial charge in [-0.05, 0) is 78.4 Å². The molecule has 2 aliphatic rings. The van der Waals surface area contributed by atoms with E-state index in [2.05, 4.69) is 49.9 Å². The molecule has 0 aliphatic carbocycles. The maximum Gasteiger partial charge on any atom is 0.258 e. The highest BCUT2D eigenvalue weighted by molar-refractivity contribution is 6.07. The van der Waals surface area contributed by atoms with Crippen LogP contribution in [-0.2, 0) is 17.4 Å². The lowest BCUT2D eigenvalue weighted by Crippen LogP contribution is -2.45. The number of amides is 1. The maximum atomic E-state index is 14.4. The number of hydrogen-bond acceptors (Lipinski definition) is 2. The molecule has 0 saturated carbocycles. The van der Waals surface area contributed by atoms with Gasteiger partial charge in [0.15, 0.2) is 0 Å². The van der Waals surface area contributed by atoms with E-state index in [4.69, 9.17) is 0 Å². The van der Waals surface area contributed by atoms with Crippen LogP contribution in [0.2, 0.25) is 0 Å². The molecule has 34 heavy (non-hydrogen) atoms. The summed E-state index contributed by atoms with van der Waals surface area (Å²) in [5.74, 6) is -0.231. The fourth-order valence-corrected chi connectivity index (χ4v) is 5.50. The first kappa shape index (κ1) is 22.8. The number of piperidine rings is 1. The number of anilines is 1. The van der Waals surface area contributed by atoms with Gasteiger partial charge in [-0.1, -0.05) is 63.2 Å². The molecule has 3 nitrogen and oxygen atoms in total. The van der Waals surface area contributed by atoms with E-state index in [-0.39, 0.29) is 22.6 Å². The van der Waals surface area contributed by atoms with E-state index < -0.39 is 0 Å². The van der Waals surface area contributed by atoms with Crippen LogP contribution in [0.4, 0.5) is 10.1 Å². The van der Waals surface area contributed by atoms with Crippen LogP contribution in [0.15, 0.2) is 72.8 Å². The van der Waals surface area contributed by atoms with Crippen LogP contribution in [0.25, 0.3) is 0 Å². The number of halogens is 1. The van der Waals surface area contributed by atoms with E-state index in [9.17, 15) is 9.18 Å². The van der Waals surface area contributed by atoms with Gasteiger partial charge in [0.05, 0.1) is 0 Å². The summed E-state index contributed by atoms with van der Waals surface area (Å²) in [7, 11) is 0. The van der Waals surface area contributed by atoms with Crippen molar-refractivity contribution in [3.8, 4) is 0 Å². The van der Waals surface area contributed by atoms with Crippen molar-refractivity contribution in [2.75, 3.05) is 24.5 Å². The van der Waals surface area contributed by atoms with E-state index >= 15 is 0 Å². The fourth-order valence-electron chi connectivity index (χ4n) is 5.50. The van der Waals surface area contributed by atoms with Crippen molar-refractivity contribution in [2.45, 2.75) is 51.0 Å². The third kappa shape index (κ3) is 4.27. The third-order valence-electron chi connectivity index (χ3n) is 7.59. The highest BCUT2D eigenvalue weighted by Crippen LogP contribution is 2.48. The predicted molar refractivity (Wildman–Crippen MR) is 136 cm³/mol. The molecule has 1 saturated heterocycles. The van der Waals surface area contributed by atoms with Crippen molar-refractivity contribution >= 4 is 11.6 Å². The number of carbonyl (C=O) groups is 1. The lowest BCUT2D eigenvalue weighted by atomic mass is 9.74. The van der Waals surface area contributed by atoms with Gasteiger partial charge in [-0.15, -0.1) is 0 Å². The molecule has 0 N–H and O–H groups in total. The van der Waals surface area contributed by atoms with Gasteiger partial charge >= 0.3 is 0 Å². The van der Waals surface area contributed by atoms with Gasteiger partial charge in [0.25, 0.3) is 5.91 Å². The summed E-state index contributed by atoms with van der Waals surface area (Å²) in [4.78, 5) is 18.0. The number of nitrogens with zero attached hydrogens (tertiary/aromatic N) is 2. The van der Waals surface area contributed by atoms with E-state index in [1.807, 2.05) is 35.2 Å². The minimum absolute atomic E-state index is 0.00286. The quantitative estimate of drug-likeness (QED) is 0.461. The van der Waals surface area contributed by atoms with Gasteiger partial charge < -0.3 is 4.90 Å². The Kier molecular flexibility index (Phi) is 5.81. The topological polar surface area (TPSA) is 23.6 Å². The normalized spacial score (nSPS) is 17.7. The molecule has 0 bridgehead atoms. The number of hydrogen-bond donors (Lipinski definition) is 0. The molecule has 2 heterocycles. The number of fused-ring (bicyclic) bond motifs is 2. The van der Waals surface area contributed by atoms with Crippen molar-refractivity contribution < 1.29 is 9.18 Å². The second-order valence-corrected chi connectivity index (χ2v) is 10.9. The van der Waals surface area contributed by atoms with Gasteiger partial charge in [-0.2, -0.15) is 0 Å². The molecule has 3 aromatic rings. The summed E-state index contributed by atoms with van der Waals surface area (Å²) in [6.07, 6.45) is 1.84. The molecule has 3 aromatic carbocycles. The molecule has 0 atom stereocenters. The van der Waals surface area contributed by atoms with E-state index in [1.165, 1.54) is 17.2 Å². The van der Waals surface area contributed by atoms with Crippen LogP contribution in [0.1, 0.15) is 60.7 Å². The second-order valence-electron chi connectivity index (χ2n) is 10.9. The summed E-state index contributed by atoms with van der Waals surface area (Å²) in [6, 6.07) is 23.4. The molecule has 5 rings (SSSR count). The van der Waals surface area contributed by atoms with Crippen LogP contribution >= 0.6 is 0 Å². The second kappa shape index (κ2) is 8.66. The molecule has 2 aliphatic heterocycles. The van der Waals surface area contributed by atoms with Crippen molar-refractivity contribution in [1.29, 1.82) is 0 Å². The summed E-state index contributed by atoms with van der Waals surface area (Å²) >= 11 is 0. The Morgan fingerprint density at radius 2 is 1.62 bits per heavy atom. The minimum Gasteiger partial charge on any atom is -0.307 e. The highest BCUT2D eigenvalue weighted by Gasteiger charge is 2.46. The average molecular weight is 457 g/mol. The lowest BCUT2D eigenvalue weighted by Gasteiger charge is -2.40. The Morgan fingerprint density at radius 3 is 2.26 bits per heavy atom. The minimum atomic E-state index is -0.228. The third-order valence-corrected chi connectivity index (χ3v) is 7.59. The standard InChI is InChI=1S/C30H33FN2O/c1-29(2,3)24-11-9-23(10-12-24)28(34)33-21-30(26-19-25(31)13-14-27(26)33)15-17-32(18-16-30)20-22-7-5-4-6-8-22/h4-14,19H,15-18,20-21H2,1-3H3. The van der Waals surface area contributed by atoms with Gasteiger partial charge in [-0.3, -0.25) is 9.69 Å². The summed E-state index contributed by atoms with van der Waals surface area (Å²) in [5.41, 5.74) is 4.90. The molecule has 176 valence electrons. The smallest absolute Gasteiger partial charge is 0.258 e. The van der Waals surface area contributed by atoms with Gasteiger partial charge in [0.1, 0.15) is 5.82 Å². The van der Waals surface area contributed by atoms with E-state index in [0.717, 1.165) is 43.7 Å². The molecule has 1 amide bonds. The SMILES string of the molecule is CC(C)(C)c1ccc(C(=O)N2CC3(CCN(Cc4ccccc4)CC3)c3cc(F)ccc32)cc1. The molecule has 1 fully saturated rings. The van der Waals surface area contributed by atoms with Crippen LogP contribution < -0.4 is 4.90 Å². The molecule has 0 aromatic heterocycles. The van der Waals surface area contributed by atoms with Crippen molar-refractivity contribution in [3.05, 3.63) is 101 Å². The average Bonchev–Trinajstić information content (AvgIpc) is 3.13. The van der Waals surface area contributed by atoms with Crippen LogP contribution in [-0.4, -0.2) is 30.4 Å². The molecular formula is C30H33FN2O. The monoisotopic (exact) mass is 456 g/mol. The first-order chi connectivity index (χ1) is 16.2. The summed E-state index contributed by atoms with van der Waals surface area (Å²) in [5, 5.41) is 0. The molecule has 0 radical (unpaired) electrons. The van der Waals surface area contributed by atoms with Crippen molar-refractivity contribution in [2.24, 2.45) is 0 Å². The molecular weight excluding hydrogens is 423 g/mol. The fraction of sp³-hybridized carbons (Fsp3) is 0.367. The highest BCUT2D eigenvalue weighted by atomic mass is 19.1. The number of rotatable bonds is 3. The zero-order chi connectivity index (χ0) is 23.9. The number of benzene rings is 3. The van der Waals surface area contributed by atoms with E-state index in [0.29, 0.717) is 12.1 Å². The Balaban J connectivity index is 1.38. The summed E-state index contributed by atoms with van der Waals surface area (Å²) < 4.78 is 14.4. The van der Waals surface area contributed by atoms with Crippen molar-refractivity contribution in [3.63, 3.8) is 0 Å². The zero-order valence-electron chi connectivity index (χ0n) is 20.4. The first-order valence-corrected chi connectivity index (χ1v) is 12.2. The lowest BCUT2D eigenvalue weighted by molar-refractivity contribution is 0.0975. The van der Waals surface area contributed by atoms with Crippen LogP contribution in [0, 0.1) is 5.82 Å². The molecule has 4 heteroatoms. The summed E-state index contributed by atoms with van der Waals surface area (Å²) in [6.45, 7) is 9.93. The largest absolute Gasteiger partial charge is 0.307 e. The molecule has 0 unspecified atom stereocenters. The zero-order valence-corrected chi connectivity index (χ0v) is 20.4. The van der Waals surface area contributed by atoms with Gasteiger partial charge in [-0.25, -0.2) is 4.39 Å². The maximum absolute atomic E-state index is 14.4.